The van der Waals surface area contributed by atoms with E-state index in [9.17, 15) is 13.6 Å². The van der Waals surface area contributed by atoms with E-state index in [4.69, 9.17) is 0 Å². The van der Waals surface area contributed by atoms with Crippen molar-refractivity contribution in [2.75, 3.05) is 5.32 Å². The number of aryl methyl sites for hydroxylation is 1. The van der Waals surface area contributed by atoms with Crippen LogP contribution in [0, 0.1) is 18.6 Å². The van der Waals surface area contributed by atoms with E-state index < -0.39 is 17.5 Å². The van der Waals surface area contributed by atoms with Crippen LogP contribution >= 0.6 is 0 Å². The van der Waals surface area contributed by atoms with Crippen LogP contribution in [0.1, 0.15) is 21.6 Å². The minimum Gasteiger partial charge on any atom is -0.305 e. The summed E-state index contributed by atoms with van der Waals surface area (Å²) in [7, 11) is 0. The summed E-state index contributed by atoms with van der Waals surface area (Å²) >= 11 is 0. The number of aromatic nitrogens is 3. The van der Waals surface area contributed by atoms with Crippen molar-refractivity contribution in [1.82, 2.24) is 14.8 Å². The Labute approximate surface area is 137 Å². The molecule has 0 spiro atoms. The fraction of sp³-hybridized carbons (Fsp3) is 0.118. The van der Waals surface area contributed by atoms with Gasteiger partial charge in [0.05, 0.1) is 12.7 Å². The van der Waals surface area contributed by atoms with Crippen molar-refractivity contribution in [3.63, 3.8) is 0 Å². The van der Waals surface area contributed by atoms with Gasteiger partial charge >= 0.3 is 0 Å². The molecule has 5 nitrogen and oxygen atoms in total. The van der Waals surface area contributed by atoms with Gasteiger partial charge in [-0.1, -0.05) is 6.07 Å². The summed E-state index contributed by atoms with van der Waals surface area (Å²) in [4.78, 5) is 16.2. The predicted octanol–water partition coefficient (Wildman–Crippen LogP) is 3.17. The number of nitrogens with one attached hydrogen (secondary N) is 1. The zero-order valence-electron chi connectivity index (χ0n) is 12.8. The van der Waals surface area contributed by atoms with Gasteiger partial charge in [0.15, 0.2) is 0 Å². The molecule has 3 aromatic rings. The average Bonchev–Trinajstić information content (AvgIpc) is 2.92. The van der Waals surface area contributed by atoms with Crippen LogP contribution in [0.2, 0.25) is 0 Å². The van der Waals surface area contributed by atoms with Crippen molar-refractivity contribution in [2.24, 2.45) is 0 Å². The summed E-state index contributed by atoms with van der Waals surface area (Å²) in [5.41, 5.74) is 1.10. The lowest BCUT2D eigenvalue weighted by Gasteiger charge is -2.11. The van der Waals surface area contributed by atoms with E-state index in [1.807, 2.05) is 0 Å². The molecule has 2 aromatic heterocycles. The third-order valence-corrected chi connectivity index (χ3v) is 3.48. The highest BCUT2D eigenvalue weighted by Crippen LogP contribution is 2.18. The lowest BCUT2D eigenvalue weighted by Crippen LogP contribution is -2.18. The molecule has 0 bridgehead atoms. The first-order chi connectivity index (χ1) is 11.5. The normalized spacial score (nSPS) is 10.6. The Morgan fingerprint density at radius 3 is 2.83 bits per heavy atom. The highest BCUT2D eigenvalue weighted by molar-refractivity contribution is 6.02. The van der Waals surface area contributed by atoms with Crippen LogP contribution in [0.25, 0.3) is 0 Å². The first-order valence-corrected chi connectivity index (χ1v) is 7.23. The van der Waals surface area contributed by atoms with Gasteiger partial charge in [0.1, 0.15) is 23.1 Å². The molecule has 0 aliphatic heterocycles. The van der Waals surface area contributed by atoms with Gasteiger partial charge < -0.3 is 5.32 Å². The van der Waals surface area contributed by atoms with Crippen molar-refractivity contribution in [1.29, 1.82) is 0 Å². The number of hydrogen-bond donors (Lipinski definition) is 1. The molecule has 7 heteroatoms. The minimum atomic E-state index is -0.536. The van der Waals surface area contributed by atoms with Crippen LogP contribution in [0.4, 0.5) is 14.6 Å². The Morgan fingerprint density at radius 2 is 2.08 bits per heavy atom. The van der Waals surface area contributed by atoms with Crippen LogP contribution in [-0.2, 0) is 6.54 Å². The van der Waals surface area contributed by atoms with Crippen LogP contribution < -0.4 is 5.32 Å². The molecule has 122 valence electrons. The van der Waals surface area contributed by atoms with E-state index in [0.29, 0.717) is 11.4 Å². The second-order valence-electron chi connectivity index (χ2n) is 5.24. The fourth-order valence-electron chi connectivity index (χ4n) is 2.26. The maximum atomic E-state index is 13.8. The number of anilines is 1. The molecular formula is C17H14F2N4O. The molecule has 0 aliphatic carbocycles. The molecule has 0 atom stereocenters. The molecule has 2 heterocycles. The number of halogens is 2. The van der Waals surface area contributed by atoms with Crippen LogP contribution in [0.3, 0.4) is 0 Å². The van der Waals surface area contributed by atoms with Gasteiger partial charge in [-0.15, -0.1) is 0 Å². The molecule has 0 radical (unpaired) electrons. The largest absolute Gasteiger partial charge is 0.305 e. The van der Waals surface area contributed by atoms with Crippen LogP contribution in [0.15, 0.2) is 48.8 Å². The van der Waals surface area contributed by atoms with Gasteiger partial charge in [0.25, 0.3) is 5.91 Å². The quantitative estimate of drug-likeness (QED) is 0.800. The molecule has 0 saturated carbocycles. The van der Waals surface area contributed by atoms with Crippen LogP contribution in [0.5, 0.6) is 0 Å². The monoisotopic (exact) mass is 328 g/mol. The Morgan fingerprint density at radius 1 is 1.25 bits per heavy atom. The molecule has 0 unspecified atom stereocenters. The Kier molecular flexibility index (Phi) is 4.33. The summed E-state index contributed by atoms with van der Waals surface area (Å²) in [5, 5.41) is 6.83. The van der Waals surface area contributed by atoms with Crippen molar-refractivity contribution >= 4 is 11.7 Å². The van der Waals surface area contributed by atoms with E-state index in [1.54, 1.807) is 31.3 Å². The smallest absolute Gasteiger partial charge is 0.275 e. The number of hydrogen-bond acceptors (Lipinski definition) is 3. The Bertz CT molecular complexity index is 878. The van der Waals surface area contributed by atoms with Crippen molar-refractivity contribution in [3.05, 3.63) is 77.2 Å². The zero-order chi connectivity index (χ0) is 17.1. The Hall–Kier alpha value is -3.09. The molecule has 1 amide bonds. The number of rotatable bonds is 4. The minimum absolute atomic E-state index is 0.00470. The molecule has 0 saturated heterocycles. The van der Waals surface area contributed by atoms with Gasteiger partial charge in [0.2, 0.25) is 0 Å². The fourth-order valence-corrected chi connectivity index (χ4v) is 2.26. The summed E-state index contributed by atoms with van der Waals surface area (Å²) in [5.74, 6) is -1.06. The second-order valence-corrected chi connectivity index (χ2v) is 5.24. The molecule has 3 rings (SSSR count). The molecule has 0 fully saturated rings. The first-order valence-electron chi connectivity index (χ1n) is 7.23. The standard InChI is InChI=1S/C17H14F2N4O/c1-11-9-21-23(10-12-8-13(18)5-6-14(12)19)16(11)22-17(24)15-4-2-3-7-20-15/h2-9H,10H2,1H3,(H,22,24). The lowest BCUT2D eigenvalue weighted by atomic mass is 10.2. The molecule has 1 N–H and O–H groups in total. The maximum absolute atomic E-state index is 13.8. The van der Waals surface area contributed by atoms with Crippen molar-refractivity contribution in [2.45, 2.75) is 13.5 Å². The molecular weight excluding hydrogens is 314 g/mol. The summed E-state index contributed by atoms with van der Waals surface area (Å²) < 4.78 is 28.5. The predicted molar refractivity (Wildman–Crippen MR) is 84.6 cm³/mol. The third kappa shape index (κ3) is 3.29. The summed E-state index contributed by atoms with van der Waals surface area (Å²) in [6, 6.07) is 8.21. The topological polar surface area (TPSA) is 59.8 Å². The second kappa shape index (κ2) is 6.57. The highest BCUT2D eigenvalue weighted by atomic mass is 19.1. The highest BCUT2D eigenvalue weighted by Gasteiger charge is 2.15. The number of carbonyl (C=O) groups excluding carboxylic acids is 1. The SMILES string of the molecule is Cc1cnn(Cc2cc(F)ccc2F)c1NC(=O)c1ccccn1. The lowest BCUT2D eigenvalue weighted by molar-refractivity contribution is 0.102. The summed E-state index contributed by atoms with van der Waals surface area (Å²) in [6.07, 6.45) is 3.06. The van der Waals surface area contributed by atoms with Crippen molar-refractivity contribution in [3.8, 4) is 0 Å². The number of benzene rings is 1. The van der Waals surface area contributed by atoms with E-state index in [-0.39, 0.29) is 17.8 Å². The zero-order valence-corrected chi connectivity index (χ0v) is 12.8. The number of nitrogens with zero attached hydrogens (tertiary/aromatic N) is 3. The average molecular weight is 328 g/mol. The van der Waals surface area contributed by atoms with Gasteiger partial charge in [-0.25, -0.2) is 13.5 Å². The molecule has 24 heavy (non-hydrogen) atoms. The number of amides is 1. The van der Waals surface area contributed by atoms with Gasteiger partial charge in [-0.2, -0.15) is 5.10 Å². The molecule has 1 aromatic carbocycles. The number of carbonyl (C=O) groups is 1. The van der Waals surface area contributed by atoms with E-state index in [2.05, 4.69) is 15.4 Å². The van der Waals surface area contributed by atoms with Gasteiger partial charge in [-0.05, 0) is 37.3 Å². The summed E-state index contributed by atoms with van der Waals surface area (Å²) in [6.45, 7) is 1.76. The Balaban J connectivity index is 1.86. The maximum Gasteiger partial charge on any atom is 0.275 e. The van der Waals surface area contributed by atoms with Crippen molar-refractivity contribution < 1.29 is 13.6 Å². The van der Waals surface area contributed by atoms with Gasteiger partial charge in [0, 0.05) is 17.3 Å². The first kappa shape index (κ1) is 15.8. The third-order valence-electron chi connectivity index (χ3n) is 3.48. The van der Waals surface area contributed by atoms with E-state index >= 15 is 0 Å². The van der Waals surface area contributed by atoms with Crippen LogP contribution in [-0.4, -0.2) is 20.7 Å². The van der Waals surface area contributed by atoms with Gasteiger partial charge in [-0.3, -0.25) is 9.78 Å². The molecule has 0 aliphatic rings. The number of pyridine rings is 1. The van der Waals surface area contributed by atoms with E-state index in [0.717, 1.165) is 18.2 Å². The van der Waals surface area contributed by atoms with E-state index in [1.165, 1.54) is 10.9 Å².